The van der Waals surface area contributed by atoms with Gasteiger partial charge >= 0.3 is 5.97 Å². The number of rotatable bonds is 3. The quantitative estimate of drug-likeness (QED) is 0.678. The van der Waals surface area contributed by atoms with Crippen molar-refractivity contribution in [3.05, 3.63) is 64.2 Å². The molecule has 106 valence electrons. The lowest BCUT2D eigenvalue weighted by molar-refractivity contribution is 0.0472. The maximum atomic E-state index is 12.1. The summed E-state index contributed by atoms with van der Waals surface area (Å²) in [6.07, 6.45) is 0. The summed E-state index contributed by atoms with van der Waals surface area (Å²) in [7, 11) is 0. The smallest absolute Gasteiger partial charge is 0.338 e. The van der Waals surface area contributed by atoms with Gasteiger partial charge in [0.15, 0.2) is 0 Å². The van der Waals surface area contributed by atoms with Gasteiger partial charge in [-0.05, 0) is 38.1 Å². The molecular formula is C17H15NO2S. The van der Waals surface area contributed by atoms with Gasteiger partial charge in [0.1, 0.15) is 11.6 Å². The van der Waals surface area contributed by atoms with Crippen molar-refractivity contribution < 1.29 is 9.53 Å². The first-order valence-electron chi connectivity index (χ1n) is 6.72. The topological polar surface area (TPSA) is 39.2 Å². The third-order valence-electron chi connectivity index (χ3n) is 3.12. The van der Waals surface area contributed by atoms with Crippen LogP contribution in [-0.4, -0.2) is 11.0 Å². The molecule has 0 radical (unpaired) electrons. The monoisotopic (exact) mass is 297 g/mol. The van der Waals surface area contributed by atoms with Crippen molar-refractivity contribution in [3.8, 4) is 0 Å². The van der Waals surface area contributed by atoms with Crippen molar-refractivity contribution in [3.63, 3.8) is 0 Å². The fourth-order valence-electron chi connectivity index (χ4n) is 2.28. The normalized spacial score (nSPS) is 10.8. The van der Waals surface area contributed by atoms with Crippen molar-refractivity contribution >= 4 is 27.5 Å². The van der Waals surface area contributed by atoms with Gasteiger partial charge in [-0.1, -0.05) is 29.3 Å². The van der Waals surface area contributed by atoms with Gasteiger partial charge in [0.25, 0.3) is 0 Å². The molecule has 0 atom stereocenters. The van der Waals surface area contributed by atoms with Crippen molar-refractivity contribution in [1.82, 2.24) is 4.98 Å². The van der Waals surface area contributed by atoms with Gasteiger partial charge in [-0.3, -0.25) is 0 Å². The summed E-state index contributed by atoms with van der Waals surface area (Å²) < 4.78 is 6.47. The lowest BCUT2D eigenvalue weighted by Crippen LogP contribution is -2.05. The van der Waals surface area contributed by atoms with Gasteiger partial charge in [-0.15, -0.1) is 11.3 Å². The first kappa shape index (κ1) is 13.8. The van der Waals surface area contributed by atoms with Gasteiger partial charge in [0, 0.05) is 0 Å². The van der Waals surface area contributed by atoms with E-state index in [1.807, 2.05) is 56.3 Å². The Balaban J connectivity index is 1.73. The fourth-order valence-corrected chi connectivity index (χ4v) is 3.17. The zero-order valence-corrected chi connectivity index (χ0v) is 12.7. The molecule has 0 fully saturated rings. The first-order valence-corrected chi connectivity index (χ1v) is 7.53. The lowest BCUT2D eigenvalue weighted by atomic mass is 10.1. The van der Waals surface area contributed by atoms with Gasteiger partial charge < -0.3 is 4.74 Å². The predicted octanol–water partition coefficient (Wildman–Crippen LogP) is 4.27. The van der Waals surface area contributed by atoms with Crippen LogP contribution in [0.15, 0.2) is 42.5 Å². The minimum Gasteiger partial charge on any atom is -0.455 e. The van der Waals surface area contributed by atoms with Crippen LogP contribution < -0.4 is 0 Å². The van der Waals surface area contributed by atoms with Gasteiger partial charge in [0.05, 0.1) is 15.8 Å². The van der Waals surface area contributed by atoms with Crippen molar-refractivity contribution in [2.24, 2.45) is 0 Å². The van der Waals surface area contributed by atoms with E-state index in [2.05, 4.69) is 4.98 Å². The Morgan fingerprint density at radius 3 is 2.57 bits per heavy atom. The summed E-state index contributed by atoms with van der Waals surface area (Å²) in [5.74, 6) is -0.305. The lowest BCUT2D eigenvalue weighted by Gasteiger charge is -2.05. The van der Waals surface area contributed by atoms with Crippen LogP contribution in [0.2, 0.25) is 0 Å². The number of para-hydroxylation sites is 1. The highest BCUT2D eigenvalue weighted by Gasteiger charge is 2.10. The van der Waals surface area contributed by atoms with Crippen molar-refractivity contribution in [2.45, 2.75) is 20.5 Å². The summed E-state index contributed by atoms with van der Waals surface area (Å²) in [5, 5.41) is 0.814. The number of ether oxygens (including phenoxy) is 1. The molecule has 2 aromatic carbocycles. The largest absolute Gasteiger partial charge is 0.455 e. The standard InChI is InChI=1S/C17H15NO2S/c1-11-7-12(2)9-13(8-11)17(19)20-10-16-18-14-5-3-4-6-15(14)21-16/h3-9H,10H2,1-2H3. The second-order valence-electron chi connectivity index (χ2n) is 5.03. The van der Waals surface area contributed by atoms with Crippen LogP contribution in [0.3, 0.4) is 0 Å². The number of benzene rings is 2. The highest BCUT2D eigenvalue weighted by atomic mass is 32.1. The van der Waals surface area contributed by atoms with E-state index in [0.717, 1.165) is 26.4 Å². The van der Waals surface area contributed by atoms with E-state index in [4.69, 9.17) is 4.74 Å². The predicted molar refractivity (Wildman–Crippen MR) is 84.7 cm³/mol. The second-order valence-corrected chi connectivity index (χ2v) is 6.14. The summed E-state index contributed by atoms with van der Waals surface area (Å²) in [4.78, 5) is 16.5. The van der Waals surface area contributed by atoms with Crippen LogP contribution in [0.4, 0.5) is 0 Å². The summed E-state index contributed by atoms with van der Waals surface area (Å²) in [6, 6.07) is 13.6. The van der Waals surface area contributed by atoms with Crippen LogP contribution in [0.5, 0.6) is 0 Å². The molecule has 3 aromatic rings. The van der Waals surface area contributed by atoms with Crippen LogP contribution in [-0.2, 0) is 11.3 Å². The van der Waals surface area contributed by atoms with Crippen molar-refractivity contribution in [2.75, 3.05) is 0 Å². The molecule has 0 aliphatic rings. The van der Waals surface area contributed by atoms with Gasteiger partial charge in [0.2, 0.25) is 0 Å². The molecule has 1 heterocycles. The summed E-state index contributed by atoms with van der Waals surface area (Å²) in [5.41, 5.74) is 3.65. The van der Waals surface area contributed by atoms with Crippen LogP contribution in [0, 0.1) is 13.8 Å². The highest BCUT2D eigenvalue weighted by Crippen LogP contribution is 2.22. The van der Waals surface area contributed by atoms with E-state index in [9.17, 15) is 4.79 Å². The number of hydrogen-bond acceptors (Lipinski definition) is 4. The number of aryl methyl sites for hydroxylation is 2. The van der Waals surface area contributed by atoms with E-state index in [0.29, 0.717) is 5.56 Å². The summed E-state index contributed by atoms with van der Waals surface area (Å²) in [6.45, 7) is 4.15. The average molecular weight is 297 g/mol. The SMILES string of the molecule is Cc1cc(C)cc(C(=O)OCc2nc3ccccc3s2)c1. The van der Waals surface area contributed by atoms with Gasteiger partial charge in [-0.25, -0.2) is 9.78 Å². The van der Waals surface area contributed by atoms with Gasteiger partial charge in [-0.2, -0.15) is 0 Å². The van der Waals surface area contributed by atoms with E-state index < -0.39 is 0 Å². The molecule has 3 rings (SSSR count). The average Bonchev–Trinajstić information content (AvgIpc) is 2.86. The maximum absolute atomic E-state index is 12.1. The number of hydrogen-bond donors (Lipinski definition) is 0. The highest BCUT2D eigenvalue weighted by molar-refractivity contribution is 7.18. The molecule has 0 saturated carbocycles. The number of fused-ring (bicyclic) bond motifs is 1. The summed E-state index contributed by atoms with van der Waals surface area (Å²) >= 11 is 1.55. The Kier molecular flexibility index (Phi) is 3.71. The second kappa shape index (κ2) is 5.66. The molecule has 4 heteroatoms. The number of carbonyl (C=O) groups is 1. The maximum Gasteiger partial charge on any atom is 0.338 e. The van der Waals surface area contributed by atoms with E-state index in [1.165, 1.54) is 0 Å². The van der Waals surface area contributed by atoms with E-state index >= 15 is 0 Å². The first-order chi connectivity index (χ1) is 10.1. The third-order valence-corrected chi connectivity index (χ3v) is 4.13. The van der Waals surface area contributed by atoms with E-state index in [1.54, 1.807) is 11.3 Å². The third kappa shape index (κ3) is 3.11. The Labute approximate surface area is 127 Å². The molecule has 0 N–H and O–H groups in total. The molecule has 0 saturated heterocycles. The minimum atomic E-state index is -0.305. The molecule has 0 amide bonds. The molecule has 0 aliphatic heterocycles. The van der Waals surface area contributed by atoms with Crippen LogP contribution in [0.1, 0.15) is 26.5 Å². The Morgan fingerprint density at radius 1 is 1.14 bits per heavy atom. The molecule has 1 aromatic heterocycles. The Bertz CT molecular complexity index is 754. The molecule has 21 heavy (non-hydrogen) atoms. The number of esters is 1. The van der Waals surface area contributed by atoms with Crippen molar-refractivity contribution in [1.29, 1.82) is 0 Å². The number of aromatic nitrogens is 1. The fraction of sp³-hybridized carbons (Fsp3) is 0.176. The molecule has 0 bridgehead atoms. The molecule has 0 spiro atoms. The Morgan fingerprint density at radius 2 is 1.86 bits per heavy atom. The molecule has 0 aliphatic carbocycles. The Hall–Kier alpha value is -2.20. The minimum absolute atomic E-state index is 0.213. The van der Waals surface area contributed by atoms with Crippen LogP contribution in [0.25, 0.3) is 10.2 Å². The zero-order chi connectivity index (χ0) is 14.8. The molecular weight excluding hydrogens is 282 g/mol. The number of carbonyl (C=O) groups excluding carboxylic acids is 1. The van der Waals surface area contributed by atoms with Crippen LogP contribution >= 0.6 is 11.3 Å². The molecule has 0 unspecified atom stereocenters. The molecule has 3 nitrogen and oxygen atoms in total. The number of thiazole rings is 1. The van der Waals surface area contributed by atoms with E-state index in [-0.39, 0.29) is 12.6 Å². The zero-order valence-electron chi connectivity index (χ0n) is 11.9. The number of nitrogens with zero attached hydrogens (tertiary/aromatic N) is 1.